The van der Waals surface area contributed by atoms with E-state index in [1.807, 2.05) is 0 Å². The fraction of sp³-hybridized carbons (Fsp3) is 0.333. The molecular formula is C15H18BrFN4O. The number of carbonyl (C=O) groups is 1. The van der Waals surface area contributed by atoms with Crippen molar-refractivity contribution in [2.75, 3.05) is 13.6 Å². The first-order valence-corrected chi connectivity index (χ1v) is 7.68. The van der Waals surface area contributed by atoms with Gasteiger partial charge in [-0.1, -0.05) is 6.07 Å². The molecule has 7 heteroatoms. The van der Waals surface area contributed by atoms with Crippen molar-refractivity contribution in [3.8, 4) is 0 Å². The van der Waals surface area contributed by atoms with Crippen LogP contribution in [0.15, 0.2) is 35.1 Å². The summed E-state index contributed by atoms with van der Waals surface area (Å²) in [6, 6.07) is 4.41. The maximum atomic E-state index is 13.2. The van der Waals surface area contributed by atoms with E-state index in [9.17, 15) is 9.18 Å². The Morgan fingerprint density at radius 3 is 2.86 bits per heavy atom. The molecule has 5 nitrogen and oxygen atoms in total. The summed E-state index contributed by atoms with van der Waals surface area (Å²) in [5, 5.41) is 9.92. The second-order valence-electron chi connectivity index (χ2n) is 4.96. The molecule has 0 bridgehead atoms. The van der Waals surface area contributed by atoms with Crippen LogP contribution >= 0.6 is 15.9 Å². The van der Waals surface area contributed by atoms with Gasteiger partial charge in [0.25, 0.3) is 0 Å². The van der Waals surface area contributed by atoms with Crippen molar-refractivity contribution in [3.05, 3.63) is 52.0 Å². The average molecular weight is 369 g/mol. The topological polar surface area (TPSA) is 59.0 Å². The fourth-order valence-corrected chi connectivity index (χ4v) is 2.59. The first-order chi connectivity index (χ1) is 10.5. The number of nitrogens with one attached hydrogen (secondary N) is 2. The van der Waals surface area contributed by atoms with Crippen LogP contribution < -0.4 is 10.6 Å². The van der Waals surface area contributed by atoms with Crippen LogP contribution in [0.3, 0.4) is 0 Å². The maximum absolute atomic E-state index is 13.2. The molecule has 0 saturated heterocycles. The Hall–Kier alpha value is -1.73. The quantitative estimate of drug-likeness (QED) is 0.818. The van der Waals surface area contributed by atoms with Crippen LogP contribution in [0.5, 0.6) is 0 Å². The second-order valence-corrected chi connectivity index (χ2v) is 5.81. The van der Waals surface area contributed by atoms with Gasteiger partial charge < -0.3 is 10.6 Å². The van der Waals surface area contributed by atoms with E-state index in [0.29, 0.717) is 17.4 Å². The number of halogens is 2. The van der Waals surface area contributed by atoms with Crippen molar-refractivity contribution in [1.82, 2.24) is 20.4 Å². The number of aryl methyl sites for hydroxylation is 1. The van der Waals surface area contributed by atoms with E-state index in [1.165, 1.54) is 6.07 Å². The maximum Gasteiger partial charge on any atom is 0.241 e. The fourth-order valence-electron chi connectivity index (χ4n) is 2.17. The monoisotopic (exact) mass is 368 g/mol. The van der Waals surface area contributed by atoms with Crippen LogP contribution in [0.2, 0.25) is 0 Å². The van der Waals surface area contributed by atoms with E-state index < -0.39 is 6.04 Å². The van der Waals surface area contributed by atoms with Crippen LogP contribution in [0.1, 0.15) is 17.2 Å². The molecule has 0 aliphatic heterocycles. The predicted molar refractivity (Wildman–Crippen MR) is 85.8 cm³/mol. The second kappa shape index (κ2) is 7.51. The minimum atomic E-state index is -0.436. The minimum Gasteiger partial charge on any atom is -0.354 e. The molecule has 1 amide bonds. The van der Waals surface area contributed by atoms with Crippen molar-refractivity contribution in [3.63, 3.8) is 0 Å². The molecule has 0 aliphatic carbocycles. The van der Waals surface area contributed by atoms with Gasteiger partial charge >= 0.3 is 0 Å². The number of hydrogen-bond acceptors (Lipinski definition) is 3. The summed E-state index contributed by atoms with van der Waals surface area (Å²) in [4.78, 5) is 12.2. The summed E-state index contributed by atoms with van der Waals surface area (Å²) in [5.41, 5.74) is 1.77. The summed E-state index contributed by atoms with van der Waals surface area (Å²) >= 11 is 3.15. The molecule has 1 heterocycles. The first kappa shape index (κ1) is 16.6. The van der Waals surface area contributed by atoms with Crippen molar-refractivity contribution in [1.29, 1.82) is 0 Å². The average Bonchev–Trinajstić information content (AvgIpc) is 2.90. The lowest BCUT2D eigenvalue weighted by Gasteiger charge is -2.14. The molecule has 22 heavy (non-hydrogen) atoms. The Bertz CT molecular complexity index is 659. The lowest BCUT2D eigenvalue weighted by atomic mass is 10.1. The number of nitrogens with zero attached hydrogens (tertiary/aromatic N) is 2. The van der Waals surface area contributed by atoms with Gasteiger partial charge in [0.15, 0.2) is 0 Å². The third-order valence-electron chi connectivity index (χ3n) is 3.31. The Balaban J connectivity index is 1.90. The van der Waals surface area contributed by atoms with Crippen molar-refractivity contribution in [2.45, 2.75) is 12.5 Å². The number of benzene rings is 1. The van der Waals surface area contributed by atoms with Crippen LogP contribution in [0, 0.1) is 5.82 Å². The van der Waals surface area contributed by atoms with Gasteiger partial charge in [0.2, 0.25) is 5.91 Å². The van der Waals surface area contributed by atoms with E-state index in [-0.39, 0.29) is 11.7 Å². The zero-order valence-corrected chi connectivity index (χ0v) is 14.0. The third kappa shape index (κ3) is 4.14. The summed E-state index contributed by atoms with van der Waals surface area (Å²) in [6.45, 7) is 0.481. The smallest absolute Gasteiger partial charge is 0.241 e. The SMILES string of the molecule is CNC(C(=O)NCCc1ccc(F)c(Br)c1)c1cnn(C)c1. The zero-order chi connectivity index (χ0) is 16.1. The number of hydrogen-bond donors (Lipinski definition) is 2. The largest absolute Gasteiger partial charge is 0.354 e. The number of carbonyl (C=O) groups excluding carboxylic acids is 1. The lowest BCUT2D eigenvalue weighted by Crippen LogP contribution is -2.36. The van der Waals surface area contributed by atoms with Crippen LogP contribution in [0.25, 0.3) is 0 Å². The van der Waals surface area contributed by atoms with Gasteiger partial charge in [0.1, 0.15) is 11.9 Å². The molecule has 1 unspecified atom stereocenters. The molecule has 0 spiro atoms. The van der Waals surface area contributed by atoms with Gasteiger partial charge in [0, 0.05) is 25.4 Å². The van der Waals surface area contributed by atoms with Crippen molar-refractivity contribution in [2.24, 2.45) is 7.05 Å². The normalized spacial score (nSPS) is 12.2. The Morgan fingerprint density at radius 2 is 2.27 bits per heavy atom. The van der Waals surface area contributed by atoms with Gasteiger partial charge in [-0.2, -0.15) is 5.10 Å². The highest BCUT2D eigenvalue weighted by Crippen LogP contribution is 2.17. The van der Waals surface area contributed by atoms with E-state index in [2.05, 4.69) is 31.7 Å². The van der Waals surface area contributed by atoms with Gasteiger partial charge in [-0.25, -0.2) is 4.39 Å². The molecule has 1 aromatic heterocycles. The minimum absolute atomic E-state index is 0.114. The summed E-state index contributed by atoms with van der Waals surface area (Å²) in [7, 11) is 3.54. The molecule has 118 valence electrons. The number of likely N-dealkylation sites (N-methyl/N-ethyl adjacent to an activating group) is 1. The Labute approximate surface area is 137 Å². The molecule has 0 saturated carbocycles. The zero-order valence-electron chi connectivity index (χ0n) is 12.4. The molecule has 2 rings (SSSR count). The van der Waals surface area contributed by atoms with Gasteiger partial charge in [-0.15, -0.1) is 0 Å². The number of amides is 1. The molecule has 1 atom stereocenters. The van der Waals surface area contributed by atoms with Crippen LogP contribution in [0.4, 0.5) is 4.39 Å². The first-order valence-electron chi connectivity index (χ1n) is 6.88. The summed E-state index contributed by atoms with van der Waals surface area (Å²) in [6.07, 6.45) is 4.10. The molecule has 2 N–H and O–H groups in total. The molecule has 0 fully saturated rings. The van der Waals surface area contributed by atoms with Gasteiger partial charge in [-0.3, -0.25) is 9.48 Å². The van der Waals surface area contributed by atoms with E-state index in [1.54, 1.807) is 43.3 Å². The molecule has 1 aromatic carbocycles. The molecule has 2 aromatic rings. The van der Waals surface area contributed by atoms with Gasteiger partial charge in [-0.05, 0) is 47.1 Å². The number of rotatable bonds is 6. The van der Waals surface area contributed by atoms with Crippen molar-refractivity contribution < 1.29 is 9.18 Å². The van der Waals surface area contributed by atoms with E-state index in [0.717, 1.165) is 11.1 Å². The highest BCUT2D eigenvalue weighted by molar-refractivity contribution is 9.10. The van der Waals surface area contributed by atoms with Gasteiger partial charge in [0.05, 0.1) is 10.7 Å². The van der Waals surface area contributed by atoms with E-state index >= 15 is 0 Å². The summed E-state index contributed by atoms with van der Waals surface area (Å²) in [5.74, 6) is -0.406. The predicted octanol–water partition coefficient (Wildman–Crippen LogP) is 1.94. The Kier molecular flexibility index (Phi) is 5.68. The van der Waals surface area contributed by atoms with Crippen molar-refractivity contribution >= 4 is 21.8 Å². The molecular weight excluding hydrogens is 351 g/mol. The highest BCUT2D eigenvalue weighted by atomic mass is 79.9. The van der Waals surface area contributed by atoms with E-state index in [4.69, 9.17) is 0 Å². The Morgan fingerprint density at radius 1 is 1.50 bits per heavy atom. The molecule has 0 radical (unpaired) electrons. The standard InChI is InChI=1S/C15H18BrFN4O/c1-18-14(11-8-20-21(2)9-11)15(22)19-6-5-10-3-4-13(17)12(16)7-10/h3-4,7-9,14,18H,5-6H2,1-2H3,(H,19,22). The molecule has 0 aliphatic rings. The van der Waals surface area contributed by atoms with Crippen LogP contribution in [-0.4, -0.2) is 29.3 Å². The highest BCUT2D eigenvalue weighted by Gasteiger charge is 2.19. The number of aromatic nitrogens is 2. The summed E-state index contributed by atoms with van der Waals surface area (Å²) < 4.78 is 15.2. The lowest BCUT2D eigenvalue weighted by molar-refractivity contribution is -0.123. The third-order valence-corrected chi connectivity index (χ3v) is 3.91. The van der Waals surface area contributed by atoms with Crippen LogP contribution in [-0.2, 0) is 18.3 Å².